The molecule has 0 heterocycles. The lowest BCUT2D eigenvalue weighted by Gasteiger charge is -2.22. The summed E-state index contributed by atoms with van der Waals surface area (Å²) in [5.74, 6) is 0. The third-order valence-electron chi connectivity index (χ3n) is 3.77. The van der Waals surface area contributed by atoms with Crippen molar-refractivity contribution in [3.8, 4) is 0 Å². The molecule has 1 unspecified atom stereocenters. The first-order valence-electron chi connectivity index (χ1n) is 7.70. The molecule has 0 fully saturated rings. The summed E-state index contributed by atoms with van der Waals surface area (Å²) in [5.41, 5.74) is 2.37. The average molecular weight is 263 g/mol. The standard InChI is InChI=1S/C17H29NO/c1-4-7-13-18(6-3)14-12-17(19)16-10-8-15(5-2)9-11-16/h8-11,17,19H,4-7,12-14H2,1-3H3. The molecule has 108 valence electrons. The molecule has 0 spiro atoms. The maximum absolute atomic E-state index is 10.2. The summed E-state index contributed by atoms with van der Waals surface area (Å²) in [4.78, 5) is 2.42. The third kappa shape index (κ3) is 5.75. The van der Waals surface area contributed by atoms with Crippen LogP contribution in [0.2, 0.25) is 0 Å². The highest BCUT2D eigenvalue weighted by Crippen LogP contribution is 2.18. The highest BCUT2D eigenvalue weighted by molar-refractivity contribution is 5.24. The predicted octanol–water partition coefficient (Wildman–Crippen LogP) is 3.79. The molecule has 2 nitrogen and oxygen atoms in total. The molecule has 1 aromatic rings. The smallest absolute Gasteiger partial charge is 0.0802 e. The summed E-state index contributed by atoms with van der Waals surface area (Å²) < 4.78 is 0. The van der Waals surface area contributed by atoms with Gasteiger partial charge in [-0.2, -0.15) is 0 Å². The van der Waals surface area contributed by atoms with Crippen LogP contribution in [0.3, 0.4) is 0 Å². The summed E-state index contributed by atoms with van der Waals surface area (Å²) in [6, 6.07) is 8.36. The lowest BCUT2D eigenvalue weighted by Crippen LogP contribution is -2.26. The van der Waals surface area contributed by atoms with E-state index >= 15 is 0 Å². The molecule has 0 aliphatic heterocycles. The van der Waals surface area contributed by atoms with Gasteiger partial charge >= 0.3 is 0 Å². The summed E-state index contributed by atoms with van der Waals surface area (Å²) in [7, 11) is 0. The quantitative estimate of drug-likeness (QED) is 0.732. The Balaban J connectivity index is 2.42. The van der Waals surface area contributed by atoms with Crippen LogP contribution in [0, 0.1) is 0 Å². The van der Waals surface area contributed by atoms with Crippen molar-refractivity contribution in [1.82, 2.24) is 4.90 Å². The van der Waals surface area contributed by atoms with E-state index in [0.717, 1.165) is 38.0 Å². The van der Waals surface area contributed by atoms with E-state index < -0.39 is 0 Å². The Morgan fingerprint density at radius 1 is 1.05 bits per heavy atom. The lowest BCUT2D eigenvalue weighted by atomic mass is 10.0. The van der Waals surface area contributed by atoms with Gasteiger partial charge in [-0.05, 0) is 43.5 Å². The van der Waals surface area contributed by atoms with Crippen molar-refractivity contribution in [2.24, 2.45) is 0 Å². The number of aliphatic hydroxyl groups excluding tert-OH is 1. The average Bonchev–Trinajstić information content (AvgIpc) is 2.47. The van der Waals surface area contributed by atoms with Crippen LogP contribution in [0.25, 0.3) is 0 Å². The van der Waals surface area contributed by atoms with E-state index in [9.17, 15) is 5.11 Å². The Kier molecular flexibility index (Phi) is 7.76. The van der Waals surface area contributed by atoms with Gasteiger partial charge in [-0.1, -0.05) is 51.5 Å². The van der Waals surface area contributed by atoms with Crippen LogP contribution in [0.15, 0.2) is 24.3 Å². The molecular formula is C17H29NO. The maximum Gasteiger partial charge on any atom is 0.0802 e. The van der Waals surface area contributed by atoms with Crippen LogP contribution < -0.4 is 0 Å². The number of benzene rings is 1. The van der Waals surface area contributed by atoms with Gasteiger partial charge in [0.2, 0.25) is 0 Å². The third-order valence-corrected chi connectivity index (χ3v) is 3.77. The molecule has 0 aliphatic carbocycles. The van der Waals surface area contributed by atoms with Crippen LogP contribution >= 0.6 is 0 Å². The monoisotopic (exact) mass is 263 g/mol. The van der Waals surface area contributed by atoms with Gasteiger partial charge in [0, 0.05) is 6.54 Å². The molecule has 0 radical (unpaired) electrons. The van der Waals surface area contributed by atoms with Crippen LogP contribution in [-0.2, 0) is 6.42 Å². The number of hydrogen-bond donors (Lipinski definition) is 1. The summed E-state index contributed by atoms with van der Waals surface area (Å²) >= 11 is 0. The number of aliphatic hydroxyl groups is 1. The van der Waals surface area contributed by atoms with Crippen molar-refractivity contribution in [3.05, 3.63) is 35.4 Å². The van der Waals surface area contributed by atoms with Crippen molar-refractivity contribution >= 4 is 0 Å². The fourth-order valence-corrected chi connectivity index (χ4v) is 2.26. The SMILES string of the molecule is CCCCN(CC)CCC(O)c1ccc(CC)cc1. The first-order valence-corrected chi connectivity index (χ1v) is 7.70. The molecular weight excluding hydrogens is 234 g/mol. The zero-order valence-corrected chi connectivity index (χ0v) is 12.7. The van der Waals surface area contributed by atoms with Gasteiger partial charge in [-0.3, -0.25) is 0 Å². The Hall–Kier alpha value is -0.860. The highest BCUT2D eigenvalue weighted by atomic mass is 16.3. The number of hydrogen-bond acceptors (Lipinski definition) is 2. The Labute approximate surface area is 118 Å². The first-order chi connectivity index (χ1) is 9.21. The van der Waals surface area contributed by atoms with Gasteiger partial charge in [0.15, 0.2) is 0 Å². The molecule has 0 aromatic heterocycles. The predicted molar refractivity (Wildman–Crippen MR) is 82.4 cm³/mol. The summed E-state index contributed by atoms with van der Waals surface area (Å²) in [5, 5.41) is 10.2. The van der Waals surface area contributed by atoms with E-state index in [-0.39, 0.29) is 6.10 Å². The topological polar surface area (TPSA) is 23.5 Å². The summed E-state index contributed by atoms with van der Waals surface area (Å²) in [6.07, 6.45) is 4.02. The molecule has 1 atom stereocenters. The van der Waals surface area contributed by atoms with Crippen molar-refractivity contribution in [2.45, 2.75) is 52.6 Å². The molecule has 0 amide bonds. The van der Waals surface area contributed by atoms with E-state index in [0.29, 0.717) is 0 Å². The van der Waals surface area contributed by atoms with Crippen LogP contribution in [-0.4, -0.2) is 29.6 Å². The molecule has 0 saturated heterocycles. The molecule has 1 aromatic carbocycles. The number of unbranched alkanes of at least 4 members (excludes halogenated alkanes) is 1. The van der Waals surface area contributed by atoms with E-state index in [4.69, 9.17) is 0 Å². The minimum absolute atomic E-state index is 0.332. The minimum atomic E-state index is -0.332. The number of aryl methyl sites for hydroxylation is 1. The molecule has 19 heavy (non-hydrogen) atoms. The van der Waals surface area contributed by atoms with Crippen molar-refractivity contribution < 1.29 is 5.11 Å². The second kappa shape index (κ2) is 9.11. The number of nitrogens with zero attached hydrogens (tertiary/aromatic N) is 1. The van der Waals surface area contributed by atoms with Gasteiger partial charge in [0.1, 0.15) is 0 Å². The van der Waals surface area contributed by atoms with Crippen molar-refractivity contribution in [3.63, 3.8) is 0 Å². The van der Waals surface area contributed by atoms with Gasteiger partial charge in [-0.25, -0.2) is 0 Å². The van der Waals surface area contributed by atoms with Gasteiger partial charge < -0.3 is 10.0 Å². The lowest BCUT2D eigenvalue weighted by molar-refractivity contribution is 0.143. The van der Waals surface area contributed by atoms with Gasteiger partial charge in [0.05, 0.1) is 6.10 Å². The van der Waals surface area contributed by atoms with E-state index in [1.54, 1.807) is 0 Å². The Bertz CT molecular complexity index is 334. The minimum Gasteiger partial charge on any atom is -0.388 e. The fourth-order valence-electron chi connectivity index (χ4n) is 2.26. The maximum atomic E-state index is 10.2. The van der Waals surface area contributed by atoms with E-state index in [1.165, 1.54) is 18.4 Å². The second-order valence-corrected chi connectivity index (χ2v) is 5.19. The molecule has 0 bridgehead atoms. The largest absolute Gasteiger partial charge is 0.388 e. The molecule has 0 aliphatic rings. The van der Waals surface area contributed by atoms with E-state index in [2.05, 4.69) is 49.9 Å². The molecule has 1 N–H and O–H groups in total. The number of rotatable bonds is 9. The van der Waals surface area contributed by atoms with Crippen molar-refractivity contribution in [2.75, 3.05) is 19.6 Å². The zero-order chi connectivity index (χ0) is 14.1. The highest BCUT2D eigenvalue weighted by Gasteiger charge is 2.09. The normalized spacial score (nSPS) is 12.9. The molecule has 0 saturated carbocycles. The van der Waals surface area contributed by atoms with Crippen LogP contribution in [0.5, 0.6) is 0 Å². The molecule has 2 heteroatoms. The van der Waals surface area contributed by atoms with Gasteiger partial charge in [0.25, 0.3) is 0 Å². The second-order valence-electron chi connectivity index (χ2n) is 5.19. The van der Waals surface area contributed by atoms with Gasteiger partial charge in [-0.15, -0.1) is 0 Å². The van der Waals surface area contributed by atoms with Crippen LogP contribution in [0.1, 0.15) is 57.3 Å². The summed E-state index contributed by atoms with van der Waals surface area (Å²) in [6.45, 7) is 9.76. The molecule has 1 rings (SSSR count). The van der Waals surface area contributed by atoms with Crippen LogP contribution in [0.4, 0.5) is 0 Å². The first kappa shape index (κ1) is 16.2. The zero-order valence-electron chi connectivity index (χ0n) is 12.7. The Morgan fingerprint density at radius 3 is 2.26 bits per heavy atom. The van der Waals surface area contributed by atoms with Crippen molar-refractivity contribution in [1.29, 1.82) is 0 Å². The fraction of sp³-hybridized carbons (Fsp3) is 0.647. The Morgan fingerprint density at radius 2 is 1.74 bits per heavy atom. The van der Waals surface area contributed by atoms with E-state index in [1.807, 2.05) is 0 Å².